The number of rotatable bonds is 11. The lowest BCUT2D eigenvalue weighted by atomic mass is 9.81. The Kier molecular flexibility index (Phi) is 9.32. The van der Waals surface area contributed by atoms with Gasteiger partial charge in [0.05, 0.1) is 18.5 Å². The topological polar surface area (TPSA) is 62.7 Å². The number of benzene rings is 2. The number of aliphatic carboxylic acids is 1. The second-order valence-corrected chi connectivity index (χ2v) is 10.5. The molecule has 1 saturated heterocycles. The van der Waals surface area contributed by atoms with Gasteiger partial charge in [-0.2, -0.15) is 0 Å². The maximum atomic E-state index is 15.4. The van der Waals surface area contributed by atoms with E-state index in [2.05, 4.69) is 9.88 Å². The number of carboxylic acids is 1. The maximum absolute atomic E-state index is 15.4. The molecule has 0 radical (unpaired) electrons. The molecule has 37 heavy (non-hydrogen) atoms. The van der Waals surface area contributed by atoms with Gasteiger partial charge in [-0.05, 0) is 92.4 Å². The zero-order valence-electron chi connectivity index (χ0n) is 20.7. The Morgan fingerprint density at radius 2 is 2.11 bits per heavy atom. The van der Waals surface area contributed by atoms with Crippen LogP contribution in [0.15, 0.2) is 53.6 Å². The van der Waals surface area contributed by atoms with Gasteiger partial charge in [-0.25, -0.2) is 13.2 Å². The molecule has 2 heterocycles. The summed E-state index contributed by atoms with van der Waals surface area (Å²) < 4.78 is 47.8. The number of aromatic nitrogens is 1. The number of thioether (sulfide) groups is 1. The van der Waals surface area contributed by atoms with Crippen LogP contribution in [0.25, 0.3) is 10.9 Å². The lowest BCUT2D eigenvalue weighted by Crippen LogP contribution is -2.44. The van der Waals surface area contributed by atoms with Gasteiger partial charge < -0.3 is 14.7 Å². The summed E-state index contributed by atoms with van der Waals surface area (Å²) in [6.45, 7) is 1.82. The van der Waals surface area contributed by atoms with Gasteiger partial charge in [-0.15, -0.1) is 11.8 Å². The Labute approximate surface area is 219 Å². The van der Waals surface area contributed by atoms with Crippen LogP contribution in [0.2, 0.25) is 0 Å². The second-order valence-electron chi connectivity index (χ2n) is 9.38. The molecule has 5 nitrogen and oxygen atoms in total. The third-order valence-electron chi connectivity index (χ3n) is 7.06. The SMILES string of the molecule is COc1ccc2nccc([C@@H](F)CC[C@@H]3CCN(CCCSc4cccc(F)c4F)C[C@@H]3C(=O)O)c2c1. The lowest BCUT2D eigenvalue weighted by molar-refractivity contribution is -0.146. The number of likely N-dealkylation sites (tertiary alicyclic amines) is 1. The van der Waals surface area contributed by atoms with Crippen molar-refractivity contribution in [3.05, 3.63) is 65.9 Å². The Morgan fingerprint density at radius 1 is 1.27 bits per heavy atom. The highest BCUT2D eigenvalue weighted by Crippen LogP contribution is 2.35. The molecule has 0 unspecified atom stereocenters. The van der Waals surface area contributed by atoms with Crippen molar-refractivity contribution in [2.24, 2.45) is 11.8 Å². The van der Waals surface area contributed by atoms with Crippen molar-refractivity contribution in [1.82, 2.24) is 9.88 Å². The van der Waals surface area contributed by atoms with Crippen LogP contribution in [-0.4, -0.2) is 53.5 Å². The number of ether oxygens (including phenoxy) is 1. The number of pyridine rings is 1. The van der Waals surface area contributed by atoms with Gasteiger partial charge in [0.1, 0.15) is 11.9 Å². The van der Waals surface area contributed by atoms with Crippen molar-refractivity contribution in [3.8, 4) is 5.75 Å². The maximum Gasteiger partial charge on any atom is 0.308 e. The number of nitrogens with zero attached hydrogens (tertiary/aromatic N) is 2. The van der Waals surface area contributed by atoms with Gasteiger partial charge in [-0.3, -0.25) is 9.78 Å². The molecule has 3 atom stereocenters. The van der Waals surface area contributed by atoms with E-state index in [0.29, 0.717) is 53.9 Å². The number of piperidine rings is 1. The smallest absolute Gasteiger partial charge is 0.308 e. The highest BCUT2D eigenvalue weighted by molar-refractivity contribution is 7.99. The minimum absolute atomic E-state index is 0.106. The highest BCUT2D eigenvalue weighted by Gasteiger charge is 2.34. The normalized spacial score (nSPS) is 19.1. The zero-order valence-corrected chi connectivity index (χ0v) is 21.5. The molecule has 3 aromatic rings. The van der Waals surface area contributed by atoms with Crippen LogP contribution >= 0.6 is 11.8 Å². The first-order chi connectivity index (χ1) is 17.9. The minimum atomic E-state index is -1.23. The molecule has 0 amide bonds. The van der Waals surface area contributed by atoms with E-state index in [-0.39, 0.29) is 17.2 Å². The molecule has 9 heteroatoms. The predicted molar refractivity (Wildman–Crippen MR) is 139 cm³/mol. The summed E-state index contributed by atoms with van der Waals surface area (Å²) in [7, 11) is 1.56. The van der Waals surface area contributed by atoms with E-state index in [1.807, 2.05) is 0 Å². The number of methoxy groups -OCH3 is 1. The average molecular weight is 533 g/mol. The Balaban J connectivity index is 1.30. The van der Waals surface area contributed by atoms with Gasteiger partial charge in [0.25, 0.3) is 0 Å². The molecule has 1 N–H and O–H groups in total. The quantitative estimate of drug-likeness (QED) is 0.224. The third-order valence-corrected chi connectivity index (χ3v) is 8.18. The van der Waals surface area contributed by atoms with Crippen LogP contribution in [0, 0.1) is 23.5 Å². The molecule has 1 aliphatic rings. The standard InChI is InChI=1S/C28H31F3N2O3S/c1-36-19-7-9-25-21(16-19)20(10-12-32-25)23(29)8-6-18-11-14-33(17-22(18)28(34)35)13-3-15-37-26-5-2-4-24(30)27(26)31/h2,4-5,7,9-10,12,16,18,22-23H,3,6,8,11,13-15,17H2,1H3,(H,34,35)/t18-,22+,23+/m1/s1. The number of hydrogen-bond acceptors (Lipinski definition) is 5. The van der Waals surface area contributed by atoms with Crippen molar-refractivity contribution in [2.75, 3.05) is 32.5 Å². The van der Waals surface area contributed by atoms with E-state index in [4.69, 9.17) is 4.74 Å². The first-order valence-electron chi connectivity index (χ1n) is 12.5. The number of carbonyl (C=O) groups is 1. The zero-order chi connectivity index (χ0) is 26.4. The predicted octanol–water partition coefficient (Wildman–Crippen LogP) is 6.52. The monoisotopic (exact) mass is 532 g/mol. The number of carboxylic acid groups (broad SMARTS) is 1. The van der Waals surface area contributed by atoms with Gasteiger partial charge in [0.15, 0.2) is 11.6 Å². The van der Waals surface area contributed by atoms with Crippen LogP contribution in [0.5, 0.6) is 5.75 Å². The van der Waals surface area contributed by atoms with Crippen LogP contribution < -0.4 is 4.74 Å². The first-order valence-corrected chi connectivity index (χ1v) is 13.4. The van der Waals surface area contributed by atoms with E-state index in [0.717, 1.165) is 19.0 Å². The summed E-state index contributed by atoms with van der Waals surface area (Å²) in [5.41, 5.74) is 1.23. The van der Waals surface area contributed by atoms with E-state index in [9.17, 15) is 18.7 Å². The van der Waals surface area contributed by atoms with E-state index < -0.39 is 29.7 Å². The van der Waals surface area contributed by atoms with E-state index >= 15 is 4.39 Å². The van der Waals surface area contributed by atoms with Crippen LogP contribution in [0.3, 0.4) is 0 Å². The molecule has 198 valence electrons. The van der Waals surface area contributed by atoms with Crippen molar-refractivity contribution in [2.45, 2.75) is 36.8 Å². The summed E-state index contributed by atoms with van der Waals surface area (Å²) in [5.74, 6) is -1.99. The van der Waals surface area contributed by atoms with Crippen molar-refractivity contribution in [3.63, 3.8) is 0 Å². The molecular formula is C28H31F3N2O3S. The number of alkyl halides is 1. The summed E-state index contributed by atoms with van der Waals surface area (Å²) >= 11 is 1.26. The molecule has 0 bridgehead atoms. The van der Waals surface area contributed by atoms with Gasteiger partial charge >= 0.3 is 5.97 Å². The summed E-state index contributed by atoms with van der Waals surface area (Å²) in [6.07, 6.45) is 2.49. The Hall–Kier alpha value is -2.78. The molecule has 1 aliphatic heterocycles. The summed E-state index contributed by atoms with van der Waals surface area (Å²) in [5, 5.41) is 10.6. The largest absolute Gasteiger partial charge is 0.497 e. The van der Waals surface area contributed by atoms with E-state index in [1.54, 1.807) is 43.6 Å². The molecule has 2 aromatic carbocycles. The van der Waals surface area contributed by atoms with Crippen molar-refractivity contribution >= 4 is 28.6 Å². The second kappa shape index (κ2) is 12.6. The third kappa shape index (κ3) is 6.76. The molecule has 0 aliphatic carbocycles. The fourth-order valence-corrected chi connectivity index (χ4v) is 5.92. The number of fused-ring (bicyclic) bond motifs is 1. The van der Waals surface area contributed by atoms with Crippen LogP contribution in [0.4, 0.5) is 13.2 Å². The molecule has 0 saturated carbocycles. The minimum Gasteiger partial charge on any atom is -0.497 e. The van der Waals surface area contributed by atoms with Gasteiger partial charge in [0.2, 0.25) is 0 Å². The van der Waals surface area contributed by atoms with Crippen LogP contribution in [-0.2, 0) is 4.79 Å². The van der Waals surface area contributed by atoms with Gasteiger partial charge in [-0.1, -0.05) is 6.07 Å². The fraction of sp³-hybridized carbons (Fsp3) is 0.429. The van der Waals surface area contributed by atoms with Crippen LogP contribution in [0.1, 0.15) is 37.4 Å². The van der Waals surface area contributed by atoms with Crippen molar-refractivity contribution in [1.29, 1.82) is 0 Å². The van der Waals surface area contributed by atoms with E-state index in [1.165, 1.54) is 17.8 Å². The Bertz CT molecular complexity index is 1230. The molecule has 1 fully saturated rings. The van der Waals surface area contributed by atoms with Crippen molar-refractivity contribution < 1.29 is 27.8 Å². The summed E-state index contributed by atoms with van der Waals surface area (Å²) in [6, 6.07) is 11.2. The molecular weight excluding hydrogens is 501 g/mol. The summed E-state index contributed by atoms with van der Waals surface area (Å²) in [4.78, 5) is 18.7. The number of halogens is 3. The lowest BCUT2D eigenvalue weighted by Gasteiger charge is -2.36. The van der Waals surface area contributed by atoms with Gasteiger partial charge in [0, 0.05) is 23.0 Å². The molecule has 4 rings (SSSR count). The fourth-order valence-electron chi connectivity index (χ4n) is 5.02. The average Bonchev–Trinajstić information content (AvgIpc) is 2.91. The molecule has 0 spiro atoms. The molecule has 1 aromatic heterocycles. The Morgan fingerprint density at radius 3 is 2.89 bits per heavy atom. The first kappa shape index (κ1) is 27.3. The number of hydrogen-bond donors (Lipinski definition) is 1. The highest BCUT2D eigenvalue weighted by atomic mass is 32.2.